The summed E-state index contributed by atoms with van der Waals surface area (Å²) >= 11 is 5.91. The molecular formula is C15H22ClFN2O2. The average Bonchev–Trinajstić information content (AvgIpc) is 2.37. The van der Waals surface area contributed by atoms with E-state index in [4.69, 9.17) is 11.6 Å². The lowest BCUT2D eigenvalue weighted by molar-refractivity contribution is -0.123. The van der Waals surface area contributed by atoms with Crippen LogP contribution in [0.1, 0.15) is 32.4 Å². The molecule has 6 heteroatoms. The summed E-state index contributed by atoms with van der Waals surface area (Å²) in [6.07, 6.45) is -1.20. The van der Waals surface area contributed by atoms with Crippen molar-refractivity contribution in [3.05, 3.63) is 34.6 Å². The molecule has 0 aliphatic heterocycles. The Kier molecular flexibility index (Phi) is 6.58. The van der Waals surface area contributed by atoms with Crippen LogP contribution in [-0.2, 0) is 4.79 Å². The van der Waals surface area contributed by atoms with Gasteiger partial charge in [-0.15, -0.1) is 0 Å². The van der Waals surface area contributed by atoms with Gasteiger partial charge in [0.2, 0.25) is 5.91 Å². The lowest BCUT2D eigenvalue weighted by atomic mass is 10.0. The van der Waals surface area contributed by atoms with Crippen LogP contribution < -0.4 is 5.32 Å². The Labute approximate surface area is 129 Å². The van der Waals surface area contributed by atoms with Crippen molar-refractivity contribution in [3.8, 4) is 0 Å². The number of likely N-dealkylation sites (N-methyl/N-ethyl adjacent to an activating group) is 1. The second-order valence-corrected chi connectivity index (χ2v) is 5.85. The Balaban J connectivity index is 2.71. The molecule has 0 saturated heterocycles. The van der Waals surface area contributed by atoms with Gasteiger partial charge in [0.25, 0.3) is 0 Å². The van der Waals surface area contributed by atoms with E-state index in [2.05, 4.69) is 5.32 Å². The molecule has 2 N–H and O–H groups in total. The smallest absolute Gasteiger partial charge is 0.234 e. The molecule has 1 aromatic carbocycles. The van der Waals surface area contributed by atoms with Gasteiger partial charge in [-0.25, -0.2) is 4.39 Å². The molecule has 0 saturated carbocycles. The van der Waals surface area contributed by atoms with Crippen molar-refractivity contribution in [3.63, 3.8) is 0 Å². The predicted octanol–water partition coefficient (Wildman–Crippen LogP) is 2.36. The van der Waals surface area contributed by atoms with Crippen molar-refractivity contribution < 1.29 is 14.3 Å². The first-order valence-corrected chi connectivity index (χ1v) is 7.23. The van der Waals surface area contributed by atoms with Crippen LogP contribution in [0.3, 0.4) is 0 Å². The number of carbonyl (C=O) groups is 1. The monoisotopic (exact) mass is 316 g/mol. The molecule has 21 heavy (non-hydrogen) atoms. The number of aliphatic hydroxyl groups excluding tert-OH is 1. The van der Waals surface area contributed by atoms with E-state index >= 15 is 0 Å². The van der Waals surface area contributed by atoms with Gasteiger partial charge >= 0.3 is 0 Å². The van der Waals surface area contributed by atoms with E-state index in [9.17, 15) is 14.3 Å². The minimum absolute atomic E-state index is 0.00387. The largest absolute Gasteiger partial charge is 0.386 e. The summed E-state index contributed by atoms with van der Waals surface area (Å²) in [5, 5.41) is 13.0. The zero-order valence-electron chi connectivity index (χ0n) is 12.7. The number of nitrogens with zero attached hydrogens (tertiary/aromatic N) is 1. The highest BCUT2D eigenvalue weighted by Crippen LogP contribution is 2.27. The highest BCUT2D eigenvalue weighted by molar-refractivity contribution is 6.31. The first-order valence-electron chi connectivity index (χ1n) is 6.85. The van der Waals surface area contributed by atoms with Gasteiger partial charge in [0.15, 0.2) is 0 Å². The molecule has 0 heterocycles. The van der Waals surface area contributed by atoms with E-state index in [1.807, 2.05) is 25.8 Å². The molecule has 0 aliphatic carbocycles. The Morgan fingerprint density at radius 2 is 2.05 bits per heavy atom. The van der Waals surface area contributed by atoms with Crippen molar-refractivity contribution in [2.24, 2.45) is 0 Å². The zero-order chi connectivity index (χ0) is 16.2. The minimum Gasteiger partial charge on any atom is -0.386 e. The number of aliphatic hydroxyl groups is 1. The first kappa shape index (κ1) is 17.9. The van der Waals surface area contributed by atoms with E-state index in [1.165, 1.54) is 18.2 Å². The van der Waals surface area contributed by atoms with Crippen LogP contribution in [0.2, 0.25) is 5.02 Å². The van der Waals surface area contributed by atoms with Crippen LogP contribution in [0, 0.1) is 5.82 Å². The molecule has 0 bridgehead atoms. The van der Waals surface area contributed by atoms with Crippen molar-refractivity contribution in [1.29, 1.82) is 0 Å². The minimum atomic E-state index is -1.20. The second kappa shape index (κ2) is 7.73. The highest BCUT2D eigenvalue weighted by Gasteiger charge is 2.24. The molecule has 118 valence electrons. The Morgan fingerprint density at radius 1 is 1.43 bits per heavy atom. The average molecular weight is 317 g/mol. The predicted molar refractivity (Wildman–Crippen MR) is 81.7 cm³/mol. The standard InChI is InChI=1S/C15H22ClFN2O2/c1-9(2)19(4)8-13(20)18-10(3)15(21)14-11(16)6-5-7-12(14)17/h5-7,9-10,15,21H,8H2,1-4H3,(H,18,20)/t10-,15+/m0/s1. The summed E-state index contributed by atoms with van der Waals surface area (Å²) < 4.78 is 13.7. The van der Waals surface area contributed by atoms with Crippen LogP contribution in [0.4, 0.5) is 4.39 Å². The molecule has 0 aliphatic rings. The SMILES string of the molecule is CC(C)N(C)CC(=O)N[C@@H](C)[C@@H](O)c1c(F)cccc1Cl. The van der Waals surface area contributed by atoms with Gasteiger partial charge in [-0.05, 0) is 40.0 Å². The van der Waals surface area contributed by atoms with E-state index in [1.54, 1.807) is 6.92 Å². The van der Waals surface area contributed by atoms with Crippen molar-refractivity contribution >= 4 is 17.5 Å². The van der Waals surface area contributed by atoms with Crippen LogP contribution in [-0.4, -0.2) is 41.6 Å². The number of rotatable bonds is 6. The summed E-state index contributed by atoms with van der Waals surface area (Å²) in [4.78, 5) is 13.7. The maximum Gasteiger partial charge on any atom is 0.234 e. The van der Waals surface area contributed by atoms with Crippen molar-refractivity contribution in [1.82, 2.24) is 10.2 Å². The van der Waals surface area contributed by atoms with Crippen molar-refractivity contribution in [2.45, 2.75) is 39.0 Å². The van der Waals surface area contributed by atoms with Crippen LogP contribution >= 0.6 is 11.6 Å². The fraction of sp³-hybridized carbons (Fsp3) is 0.533. The summed E-state index contributed by atoms with van der Waals surface area (Å²) in [6, 6.07) is 3.79. The van der Waals surface area contributed by atoms with Gasteiger partial charge in [-0.3, -0.25) is 9.69 Å². The number of nitrogens with one attached hydrogen (secondary N) is 1. The van der Waals surface area contributed by atoms with E-state index < -0.39 is 18.0 Å². The van der Waals surface area contributed by atoms with Gasteiger partial charge in [0.05, 0.1) is 12.6 Å². The topological polar surface area (TPSA) is 52.6 Å². The second-order valence-electron chi connectivity index (χ2n) is 5.45. The molecule has 1 amide bonds. The Hall–Kier alpha value is -1.17. The Morgan fingerprint density at radius 3 is 2.57 bits per heavy atom. The van der Waals surface area contributed by atoms with Crippen LogP contribution in [0.25, 0.3) is 0 Å². The number of halogens is 2. The normalized spacial score (nSPS) is 14.3. The lowest BCUT2D eigenvalue weighted by Crippen LogP contribution is -2.44. The molecular weight excluding hydrogens is 295 g/mol. The third-order valence-corrected chi connectivity index (χ3v) is 3.76. The van der Waals surface area contributed by atoms with E-state index in [0.717, 1.165) is 0 Å². The quantitative estimate of drug-likeness (QED) is 0.847. The zero-order valence-corrected chi connectivity index (χ0v) is 13.5. The third kappa shape index (κ3) is 4.95. The van der Waals surface area contributed by atoms with Gasteiger partial charge in [-0.1, -0.05) is 17.7 Å². The molecule has 0 aromatic heterocycles. The molecule has 4 nitrogen and oxygen atoms in total. The summed E-state index contributed by atoms with van der Waals surface area (Å²) in [7, 11) is 1.83. The van der Waals surface area contributed by atoms with Crippen LogP contribution in [0.5, 0.6) is 0 Å². The number of benzene rings is 1. The molecule has 0 radical (unpaired) electrons. The maximum atomic E-state index is 13.7. The molecule has 0 fully saturated rings. The highest BCUT2D eigenvalue weighted by atomic mass is 35.5. The lowest BCUT2D eigenvalue weighted by Gasteiger charge is -2.25. The first-order chi connectivity index (χ1) is 9.73. The summed E-state index contributed by atoms with van der Waals surface area (Å²) in [5.74, 6) is -0.819. The van der Waals surface area contributed by atoms with Gasteiger partial charge in [0, 0.05) is 16.6 Å². The van der Waals surface area contributed by atoms with E-state index in [0.29, 0.717) is 0 Å². The van der Waals surface area contributed by atoms with Gasteiger partial charge in [-0.2, -0.15) is 0 Å². The molecule has 0 unspecified atom stereocenters. The molecule has 1 aromatic rings. The molecule has 1 rings (SSSR count). The molecule has 0 spiro atoms. The van der Waals surface area contributed by atoms with Gasteiger partial charge < -0.3 is 10.4 Å². The Bertz CT molecular complexity index is 476. The molecule has 2 atom stereocenters. The summed E-state index contributed by atoms with van der Waals surface area (Å²) in [5.41, 5.74) is 0.00387. The van der Waals surface area contributed by atoms with Gasteiger partial charge in [0.1, 0.15) is 11.9 Å². The number of carbonyl (C=O) groups excluding carboxylic acids is 1. The van der Waals surface area contributed by atoms with Crippen LogP contribution in [0.15, 0.2) is 18.2 Å². The number of hydrogen-bond acceptors (Lipinski definition) is 3. The third-order valence-electron chi connectivity index (χ3n) is 3.43. The number of amides is 1. The summed E-state index contributed by atoms with van der Waals surface area (Å²) in [6.45, 7) is 5.77. The fourth-order valence-electron chi connectivity index (χ4n) is 1.83. The fourth-order valence-corrected chi connectivity index (χ4v) is 2.11. The van der Waals surface area contributed by atoms with Crippen molar-refractivity contribution in [2.75, 3.05) is 13.6 Å². The van der Waals surface area contributed by atoms with E-state index in [-0.39, 0.29) is 29.1 Å². The number of hydrogen-bond donors (Lipinski definition) is 2. The maximum absolute atomic E-state index is 13.7.